The van der Waals surface area contributed by atoms with Crippen LogP contribution in [0.1, 0.15) is 16.5 Å². The molecule has 0 saturated heterocycles. The van der Waals surface area contributed by atoms with Crippen LogP contribution in [0.15, 0.2) is 36.4 Å². The van der Waals surface area contributed by atoms with Crippen molar-refractivity contribution in [1.82, 2.24) is 0 Å². The van der Waals surface area contributed by atoms with Crippen LogP contribution in [0, 0.1) is 0 Å². The number of benzene rings is 1. The number of hydrogen-bond donors (Lipinski definition) is 1. The quantitative estimate of drug-likeness (QED) is 0.871. The fourth-order valence-corrected chi connectivity index (χ4v) is 2.63. The van der Waals surface area contributed by atoms with Crippen LogP contribution >= 0.6 is 35.3 Å². The molecule has 110 valence electrons. The molecule has 0 aliphatic heterocycles. The number of nitrogens with two attached hydrogens (primary N) is 1. The van der Waals surface area contributed by atoms with E-state index < -0.39 is 12.4 Å². The first kappa shape index (κ1) is 17.1. The van der Waals surface area contributed by atoms with Crippen molar-refractivity contribution in [2.45, 2.75) is 12.4 Å². The highest BCUT2D eigenvalue weighted by atomic mass is 35.5. The van der Waals surface area contributed by atoms with Crippen LogP contribution in [0.25, 0.3) is 0 Å². The smallest absolute Gasteiger partial charge is 0.406 e. The molecule has 0 aliphatic carbocycles. The Balaban J connectivity index is 0.00000200. The summed E-state index contributed by atoms with van der Waals surface area (Å²) in [5.74, 6) is -0.271. The summed E-state index contributed by atoms with van der Waals surface area (Å²) in [6.45, 7) is 0. The van der Waals surface area contributed by atoms with E-state index in [1.165, 1.54) is 35.6 Å². The normalized spacial score (nSPS) is 12.7. The minimum atomic E-state index is -4.69. The highest BCUT2D eigenvalue weighted by Gasteiger charge is 2.31. The zero-order valence-corrected chi connectivity index (χ0v) is 12.2. The van der Waals surface area contributed by atoms with Gasteiger partial charge in [-0.15, -0.1) is 36.9 Å². The third-order valence-electron chi connectivity index (χ3n) is 2.37. The zero-order valence-electron chi connectivity index (χ0n) is 9.86. The Morgan fingerprint density at radius 1 is 1.10 bits per heavy atom. The third-order valence-corrected chi connectivity index (χ3v) is 3.69. The van der Waals surface area contributed by atoms with Gasteiger partial charge in [-0.1, -0.05) is 23.7 Å². The summed E-state index contributed by atoms with van der Waals surface area (Å²) in [5.41, 5.74) is 6.68. The van der Waals surface area contributed by atoms with Crippen LogP contribution in [0.4, 0.5) is 13.2 Å². The van der Waals surface area contributed by atoms with Crippen LogP contribution in [-0.2, 0) is 0 Å². The minimum Gasteiger partial charge on any atom is -0.406 e. The van der Waals surface area contributed by atoms with Gasteiger partial charge in [0.2, 0.25) is 0 Å². The number of rotatable bonds is 3. The highest BCUT2D eigenvalue weighted by Crippen LogP contribution is 2.30. The molecule has 0 saturated carbocycles. The van der Waals surface area contributed by atoms with Gasteiger partial charge in [0.1, 0.15) is 5.75 Å². The molecule has 2 rings (SSSR count). The van der Waals surface area contributed by atoms with Gasteiger partial charge < -0.3 is 10.5 Å². The van der Waals surface area contributed by atoms with Gasteiger partial charge in [0.05, 0.1) is 10.4 Å². The van der Waals surface area contributed by atoms with Crippen molar-refractivity contribution in [3.8, 4) is 5.75 Å². The molecule has 1 aromatic heterocycles. The van der Waals surface area contributed by atoms with Crippen molar-refractivity contribution in [2.24, 2.45) is 5.73 Å². The second-order valence-electron chi connectivity index (χ2n) is 3.74. The first-order valence-electron chi connectivity index (χ1n) is 5.22. The minimum absolute atomic E-state index is 0. The summed E-state index contributed by atoms with van der Waals surface area (Å²) in [7, 11) is 0. The van der Waals surface area contributed by atoms with Gasteiger partial charge in [-0.05, 0) is 29.8 Å². The van der Waals surface area contributed by atoms with Gasteiger partial charge in [-0.3, -0.25) is 0 Å². The second-order valence-corrected chi connectivity index (χ2v) is 5.48. The molecule has 2 nitrogen and oxygen atoms in total. The average Bonchev–Trinajstić information content (AvgIpc) is 2.74. The molecule has 2 aromatic rings. The SMILES string of the molecule is Cl.N[C@@H](c1ccc(OC(F)(F)F)cc1)c1ccc(Cl)s1. The largest absolute Gasteiger partial charge is 0.573 e. The van der Waals surface area contributed by atoms with Gasteiger partial charge in [-0.25, -0.2) is 0 Å². The van der Waals surface area contributed by atoms with E-state index in [4.69, 9.17) is 17.3 Å². The number of ether oxygens (including phenoxy) is 1. The third kappa shape index (κ3) is 4.56. The Kier molecular flexibility index (Phi) is 5.70. The zero-order chi connectivity index (χ0) is 14.0. The van der Waals surface area contributed by atoms with Crippen molar-refractivity contribution in [2.75, 3.05) is 0 Å². The Morgan fingerprint density at radius 2 is 1.70 bits per heavy atom. The first-order valence-corrected chi connectivity index (χ1v) is 6.41. The summed E-state index contributed by atoms with van der Waals surface area (Å²) < 4.78 is 40.4. The molecule has 0 unspecified atom stereocenters. The molecule has 1 atom stereocenters. The van der Waals surface area contributed by atoms with Gasteiger partial charge >= 0.3 is 6.36 Å². The maximum Gasteiger partial charge on any atom is 0.573 e. The molecular weight excluding hydrogens is 334 g/mol. The van der Waals surface area contributed by atoms with Crippen LogP contribution in [0.3, 0.4) is 0 Å². The fourth-order valence-electron chi connectivity index (χ4n) is 1.54. The Labute approximate surface area is 128 Å². The van der Waals surface area contributed by atoms with Crippen molar-refractivity contribution >= 4 is 35.3 Å². The summed E-state index contributed by atoms with van der Waals surface area (Å²) in [5, 5.41) is 0. The number of thiophene rings is 1. The van der Waals surface area contributed by atoms with Gasteiger partial charge in [0, 0.05) is 4.88 Å². The summed E-state index contributed by atoms with van der Waals surface area (Å²) in [6, 6.07) is 8.56. The predicted molar refractivity (Wildman–Crippen MR) is 75.7 cm³/mol. The van der Waals surface area contributed by atoms with Gasteiger partial charge in [0.25, 0.3) is 0 Å². The van der Waals surface area contributed by atoms with Crippen LogP contribution in [0.5, 0.6) is 5.75 Å². The molecule has 0 aliphatic rings. The summed E-state index contributed by atoms with van der Waals surface area (Å²) in [6.07, 6.45) is -4.69. The lowest BCUT2D eigenvalue weighted by atomic mass is 10.1. The van der Waals surface area contributed by atoms with Crippen molar-refractivity contribution < 1.29 is 17.9 Å². The average molecular weight is 344 g/mol. The molecule has 0 bridgehead atoms. The van der Waals surface area contributed by atoms with E-state index in [1.807, 2.05) is 0 Å². The predicted octanol–water partition coefficient (Wildman–Crippen LogP) is 4.77. The van der Waals surface area contributed by atoms with E-state index >= 15 is 0 Å². The Bertz CT molecular complexity index is 557. The lowest BCUT2D eigenvalue weighted by Gasteiger charge is -2.12. The van der Waals surface area contributed by atoms with Crippen molar-refractivity contribution in [3.05, 3.63) is 51.2 Å². The van der Waals surface area contributed by atoms with Crippen LogP contribution in [-0.4, -0.2) is 6.36 Å². The van der Waals surface area contributed by atoms with Gasteiger partial charge in [-0.2, -0.15) is 0 Å². The molecule has 8 heteroatoms. The van der Waals surface area contributed by atoms with E-state index in [1.54, 1.807) is 12.1 Å². The van der Waals surface area contributed by atoms with E-state index in [9.17, 15) is 13.2 Å². The number of hydrogen-bond acceptors (Lipinski definition) is 3. The lowest BCUT2D eigenvalue weighted by Crippen LogP contribution is -2.17. The van der Waals surface area contributed by atoms with Gasteiger partial charge in [0.15, 0.2) is 0 Å². The lowest BCUT2D eigenvalue weighted by molar-refractivity contribution is -0.274. The first-order chi connectivity index (χ1) is 8.85. The summed E-state index contributed by atoms with van der Waals surface area (Å²) in [4.78, 5) is 0.842. The van der Waals surface area contributed by atoms with Crippen molar-refractivity contribution in [1.29, 1.82) is 0 Å². The topological polar surface area (TPSA) is 35.2 Å². The van der Waals surface area contributed by atoms with E-state index in [2.05, 4.69) is 4.74 Å². The molecule has 1 aromatic carbocycles. The monoisotopic (exact) mass is 343 g/mol. The van der Waals surface area contributed by atoms with E-state index in [0.717, 1.165) is 4.88 Å². The second kappa shape index (κ2) is 6.67. The molecule has 1 heterocycles. The van der Waals surface area contributed by atoms with E-state index in [0.29, 0.717) is 9.90 Å². The number of halogens is 5. The number of alkyl halides is 3. The van der Waals surface area contributed by atoms with Crippen LogP contribution < -0.4 is 10.5 Å². The molecule has 0 amide bonds. The standard InChI is InChI=1S/C12H9ClF3NOS.ClH/c13-10-6-5-9(19-10)11(17)7-1-3-8(4-2-7)18-12(14,15)16;/h1-6,11H,17H2;1H/t11-;/m0./s1. The Morgan fingerprint density at radius 3 is 2.15 bits per heavy atom. The molecule has 2 N–H and O–H groups in total. The molecule has 0 fully saturated rings. The maximum absolute atomic E-state index is 12.0. The molecule has 20 heavy (non-hydrogen) atoms. The Hall–Kier alpha value is -0.950. The molecule has 0 radical (unpaired) electrons. The highest BCUT2D eigenvalue weighted by molar-refractivity contribution is 7.16. The maximum atomic E-state index is 12.0. The fraction of sp³-hybridized carbons (Fsp3) is 0.167. The van der Waals surface area contributed by atoms with E-state index in [-0.39, 0.29) is 18.2 Å². The summed E-state index contributed by atoms with van der Waals surface area (Å²) >= 11 is 7.14. The van der Waals surface area contributed by atoms with Crippen molar-refractivity contribution in [3.63, 3.8) is 0 Å². The molecular formula is C12H10Cl2F3NOS. The van der Waals surface area contributed by atoms with Crippen LogP contribution in [0.2, 0.25) is 4.34 Å². The molecule has 0 spiro atoms.